The molecule has 0 atom stereocenters. The summed E-state index contributed by atoms with van der Waals surface area (Å²) in [4.78, 5) is 11.2. The molecule has 0 aliphatic rings. The molecule has 0 saturated heterocycles. The monoisotopic (exact) mass is 371 g/mol. The number of nitrogens with zero attached hydrogens (tertiary/aromatic N) is 6. The van der Waals surface area contributed by atoms with Crippen LogP contribution >= 0.6 is 0 Å². The molecule has 0 aliphatic carbocycles. The van der Waals surface area contributed by atoms with E-state index < -0.39 is 0 Å². The maximum Gasteiger partial charge on any atom is 0.184 e. The molecule has 0 aliphatic heterocycles. The van der Waals surface area contributed by atoms with Crippen LogP contribution in [0.5, 0.6) is 0 Å². The van der Waals surface area contributed by atoms with Crippen molar-refractivity contribution in [3.05, 3.63) is 41.5 Å². The first-order valence-corrected chi connectivity index (χ1v) is 8.94. The van der Waals surface area contributed by atoms with E-state index in [2.05, 4.69) is 58.4 Å². The van der Waals surface area contributed by atoms with Crippen molar-refractivity contribution in [1.29, 1.82) is 0 Å². The smallest absolute Gasteiger partial charge is 0.184 e. The lowest BCUT2D eigenvalue weighted by Gasteiger charge is -2.28. The number of halogens is 1. The van der Waals surface area contributed by atoms with E-state index in [1.165, 1.54) is 12.1 Å². The molecule has 0 bridgehead atoms. The maximum atomic E-state index is 13.1. The van der Waals surface area contributed by atoms with Gasteiger partial charge in [-0.3, -0.25) is 0 Å². The van der Waals surface area contributed by atoms with Crippen LogP contribution in [0.15, 0.2) is 24.3 Å². The van der Waals surface area contributed by atoms with Crippen molar-refractivity contribution >= 4 is 17.0 Å². The minimum absolute atomic E-state index is 0.0682. The fraction of sp³-hybridized carbons (Fsp3) is 0.474. The molecule has 7 nitrogen and oxygen atoms in total. The van der Waals surface area contributed by atoms with Gasteiger partial charge in [0.15, 0.2) is 17.0 Å². The molecule has 144 valence electrons. The first-order valence-electron chi connectivity index (χ1n) is 8.94. The highest BCUT2D eigenvalue weighted by Gasteiger charge is 2.21. The van der Waals surface area contributed by atoms with Crippen LogP contribution in [-0.4, -0.2) is 57.0 Å². The summed E-state index contributed by atoms with van der Waals surface area (Å²) in [5, 5.41) is 11.9. The number of hydrogen-bond donors (Lipinski definition) is 1. The minimum atomic E-state index is -0.257. The van der Waals surface area contributed by atoms with E-state index in [4.69, 9.17) is 0 Å². The largest absolute Gasteiger partial charge is 0.367 e. The Bertz CT molecular complexity index is 916. The summed E-state index contributed by atoms with van der Waals surface area (Å²) >= 11 is 0. The summed E-state index contributed by atoms with van der Waals surface area (Å²) < 4.78 is 14.8. The van der Waals surface area contributed by atoms with E-state index in [1.807, 2.05) is 6.92 Å². The van der Waals surface area contributed by atoms with Crippen molar-refractivity contribution in [3.8, 4) is 0 Å². The van der Waals surface area contributed by atoms with E-state index in [0.717, 1.165) is 18.7 Å². The molecule has 3 aromatic rings. The summed E-state index contributed by atoms with van der Waals surface area (Å²) in [5.74, 6) is 1.08. The van der Waals surface area contributed by atoms with Gasteiger partial charge in [0.1, 0.15) is 11.6 Å². The van der Waals surface area contributed by atoms with Crippen LogP contribution in [0.3, 0.4) is 0 Å². The molecule has 2 heterocycles. The van der Waals surface area contributed by atoms with E-state index in [9.17, 15) is 4.39 Å². The van der Waals surface area contributed by atoms with Crippen molar-refractivity contribution in [2.45, 2.75) is 27.3 Å². The standard InChI is InChI=1S/C19H26FN7/c1-13-22-17(21-11-19(2,3)12-26(4)5)16-18(23-13)27(25-24-16)10-14-6-8-15(20)9-7-14/h6-9H,10-12H2,1-5H3,(H,21,22,23). The Morgan fingerprint density at radius 2 is 1.85 bits per heavy atom. The van der Waals surface area contributed by atoms with Crippen LogP contribution in [0.2, 0.25) is 0 Å². The predicted molar refractivity (Wildman–Crippen MR) is 104 cm³/mol. The number of hydrogen-bond acceptors (Lipinski definition) is 6. The SMILES string of the molecule is Cc1nc(NCC(C)(C)CN(C)C)c2nnn(Cc3ccc(F)cc3)c2n1. The second-order valence-corrected chi connectivity index (χ2v) is 7.92. The molecule has 0 unspecified atom stereocenters. The van der Waals surface area contributed by atoms with Gasteiger partial charge in [0, 0.05) is 13.1 Å². The Balaban J connectivity index is 1.85. The van der Waals surface area contributed by atoms with Gasteiger partial charge >= 0.3 is 0 Å². The molecule has 1 N–H and O–H groups in total. The Labute approximate surface area is 158 Å². The Morgan fingerprint density at radius 3 is 2.52 bits per heavy atom. The summed E-state index contributed by atoms with van der Waals surface area (Å²) in [7, 11) is 4.13. The third-order valence-corrected chi connectivity index (χ3v) is 4.20. The second kappa shape index (κ2) is 7.56. The van der Waals surface area contributed by atoms with Gasteiger partial charge in [0.2, 0.25) is 0 Å². The van der Waals surface area contributed by atoms with Crippen LogP contribution in [0.25, 0.3) is 11.2 Å². The Morgan fingerprint density at radius 1 is 1.15 bits per heavy atom. The summed E-state index contributed by atoms with van der Waals surface area (Å²) in [5.41, 5.74) is 2.31. The van der Waals surface area contributed by atoms with E-state index in [1.54, 1.807) is 16.8 Å². The Hall–Kier alpha value is -2.61. The molecule has 0 amide bonds. The number of benzene rings is 1. The van der Waals surface area contributed by atoms with Crippen LogP contribution in [0, 0.1) is 18.2 Å². The normalized spacial score (nSPS) is 12.1. The molecule has 3 rings (SSSR count). The Kier molecular flexibility index (Phi) is 5.36. The lowest BCUT2D eigenvalue weighted by molar-refractivity contribution is 0.254. The summed E-state index contributed by atoms with van der Waals surface area (Å²) in [6, 6.07) is 6.35. The highest BCUT2D eigenvalue weighted by Crippen LogP contribution is 2.22. The molecule has 0 radical (unpaired) electrons. The van der Waals surface area contributed by atoms with E-state index >= 15 is 0 Å². The molecular formula is C19H26FN7. The second-order valence-electron chi connectivity index (χ2n) is 7.92. The van der Waals surface area contributed by atoms with Gasteiger partial charge in [-0.2, -0.15) is 0 Å². The minimum Gasteiger partial charge on any atom is -0.367 e. The number of aromatic nitrogens is 5. The molecular weight excluding hydrogens is 345 g/mol. The maximum absolute atomic E-state index is 13.1. The highest BCUT2D eigenvalue weighted by atomic mass is 19.1. The van der Waals surface area contributed by atoms with Crippen LogP contribution in [0.1, 0.15) is 25.2 Å². The van der Waals surface area contributed by atoms with Gasteiger partial charge < -0.3 is 10.2 Å². The lowest BCUT2D eigenvalue weighted by Crippen LogP contribution is -2.34. The van der Waals surface area contributed by atoms with Crippen LogP contribution in [0.4, 0.5) is 10.2 Å². The van der Waals surface area contributed by atoms with Gasteiger partial charge in [-0.05, 0) is 44.1 Å². The quantitative estimate of drug-likeness (QED) is 0.689. The number of fused-ring (bicyclic) bond motifs is 1. The van der Waals surface area contributed by atoms with Gasteiger partial charge in [0.05, 0.1) is 6.54 Å². The highest BCUT2D eigenvalue weighted by molar-refractivity contribution is 5.82. The zero-order valence-electron chi connectivity index (χ0n) is 16.5. The summed E-state index contributed by atoms with van der Waals surface area (Å²) in [6.45, 7) is 8.43. The molecule has 27 heavy (non-hydrogen) atoms. The first-order chi connectivity index (χ1) is 12.7. The number of rotatable bonds is 7. The lowest BCUT2D eigenvalue weighted by atomic mass is 9.93. The molecule has 0 fully saturated rings. The van der Waals surface area contributed by atoms with Gasteiger partial charge in [0.25, 0.3) is 0 Å². The van der Waals surface area contributed by atoms with Crippen molar-refractivity contribution < 1.29 is 4.39 Å². The van der Waals surface area contributed by atoms with Crippen LogP contribution in [-0.2, 0) is 6.54 Å². The summed E-state index contributed by atoms with van der Waals surface area (Å²) in [6.07, 6.45) is 0. The zero-order chi connectivity index (χ0) is 19.6. The third kappa shape index (κ3) is 4.77. The fourth-order valence-corrected chi connectivity index (χ4v) is 3.19. The van der Waals surface area contributed by atoms with E-state index in [-0.39, 0.29) is 11.2 Å². The average Bonchev–Trinajstić information content (AvgIpc) is 2.96. The van der Waals surface area contributed by atoms with Crippen molar-refractivity contribution in [3.63, 3.8) is 0 Å². The topological polar surface area (TPSA) is 71.8 Å². The third-order valence-electron chi connectivity index (χ3n) is 4.20. The zero-order valence-corrected chi connectivity index (χ0v) is 16.5. The molecule has 1 aromatic carbocycles. The van der Waals surface area contributed by atoms with Gasteiger partial charge in [-0.25, -0.2) is 19.0 Å². The fourth-order valence-electron chi connectivity index (χ4n) is 3.19. The number of anilines is 1. The van der Waals surface area contributed by atoms with Crippen molar-refractivity contribution in [2.75, 3.05) is 32.5 Å². The molecule has 2 aromatic heterocycles. The number of nitrogens with one attached hydrogen (secondary N) is 1. The van der Waals surface area contributed by atoms with Crippen molar-refractivity contribution in [1.82, 2.24) is 29.9 Å². The molecule has 0 saturated carbocycles. The first kappa shape index (κ1) is 19.2. The number of aryl methyl sites for hydroxylation is 1. The van der Waals surface area contributed by atoms with Gasteiger partial charge in [-0.15, -0.1) is 5.10 Å². The molecule has 8 heteroatoms. The van der Waals surface area contributed by atoms with E-state index in [0.29, 0.717) is 29.4 Å². The van der Waals surface area contributed by atoms with Crippen LogP contribution < -0.4 is 5.32 Å². The van der Waals surface area contributed by atoms with Gasteiger partial charge in [-0.1, -0.05) is 31.2 Å². The average molecular weight is 371 g/mol. The van der Waals surface area contributed by atoms with Crippen molar-refractivity contribution in [2.24, 2.45) is 5.41 Å². The predicted octanol–water partition coefficient (Wildman–Crippen LogP) is 2.72. The molecule has 0 spiro atoms.